The summed E-state index contributed by atoms with van der Waals surface area (Å²) in [6.45, 7) is 2.45. The summed E-state index contributed by atoms with van der Waals surface area (Å²) in [5, 5.41) is 2.85. The van der Waals surface area contributed by atoms with Gasteiger partial charge in [0.25, 0.3) is 11.8 Å². The van der Waals surface area contributed by atoms with E-state index < -0.39 is 17.0 Å². The Morgan fingerprint density at radius 2 is 1.69 bits per heavy atom. The Bertz CT molecular complexity index is 1750. The summed E-state index contributed by atoms with van der Waals surface area (Å²) in [5.74, 6) is 5.37. The van der Waals surface area contributed by atoms with Crippen molar-refractivity contribution in [3.8, 4) is 34.6 Å². The summed E-state index contributed by atoms with van der Waals surface area (Å²) >= 11 is 0. The number of hydrogen-bond acceptors (Lipinski definition) is 7. The molecule has 0 unspecified atom stereocenters. The van der Waals surface area contributed by atoms with Crippen molar-refractivity contribution >= 4 is 28.7 Å². The minimum absolute atomic E-state index is 0.0407. The lowest BCUT2D eigenvalue weighted by molar-refractivity contribution is -0.116. The second-order valence-electron chi connectivity index (χ2n) is 8.90. The molecule has 4 aromatic rings. The first-order valence-electron chi connectivity index (χ1n) is 12.2. The highest BCUT2D eigenvalue weighted by Crippen LogP contribution is 2.34. The number of amides is 2. The normalized spacial score (nSPS) is 14.5. The van der Waals surface area contributed by atoms with E-state index in [2.05, 4.69) is 27.1 Å². The molecule has 5 rings (SSSR count). The molecule has 5 N–H and O–H groups in total. The van der Waals surface area contributed by atoms with E-state index in [0.717, 1.165) is 0 Å². The fourth-order valence-corrected chi connectivity index (χ4v) is 4.55. The van der Waals surface area contributed by atoms with Gasteiger partial charge < -0.3 is 30.7 Å². The van der Waals surface area contributed by atoms with Crippen LogP contribution in [0.1, 0.15) is 23.7 Å². The molecule has 2 amide bonds. The summed E-state index contributed by atoms with van der Waals surface area (Å²) in [6.07, 6.45) is 0.603. The standard InChI is InChI=1S/C28H24N6O5/c1-2-6-20(35)30-17-13-14-34(15-17)26-24-23(32-27(37)28(38)33-24)21(25(29)36)22(31-26)16-9-11-19(12-10-16)39-18-7-4-3-5-8-18/h3-5,7-12,17H,13-15H2,1H3,(H2,29,36)(H,30,35)(H,32,37)(H,33,38)/t17-/m1/s1. The van der Waals surface area contributed by atoms with Crippen LogP contribution in [0.25, 0.3) is 22.3 Å². The van der Waals surface area contributed by atoms with Gasteiger partial charge in [0.15, 0.2) is 5.82 Å². The molecule has 0 spiro atoms. The highest BCUT2D eigenvalue weighted by Gasteiger charge is 2.29. The van der Waals surface area contributed by atoms with Crippen molar-refractivity contribution in [1.29, 1.82) is 0 Å². The first-order valence-corrected chi connectivity index (χ1v) is 12.2. The third-order valence-electron chi connectivity index (χ3n) is 6.28. The lowest BCUT2D eigenvalue weighted by Crippen LogP contribution is -2.37. The average Bonchev–Trinajstić information content (AvgIpc) is 3.37. The topological polar surface area (TPSA) is 163 Å². The number of carbonyl (C=O) groups excluding carboxylic acids is 2. The molecule has 2 aromatic heterocycles. The number of nitrogens with one attached hydrogen (secondary N) is 3. The quantitative estimate of drug-likeness (QED) is 0.221. The molecular weight excluding hydrogens is 500 g/mol. The Morgan fingerprint density at radius 1 is 1.03 bits per heavy atom. The van der Waals surface area contributed by atoms with Gasteiger partial charge in [0, 0.05) is 24.7 Å². The second-order valence-corrected chi connectivity index (χ2v) is 8.90. The number of carbonyl (C=O) groups is 2. The van der Waals surface area contributed by atoms with E-state index in [1.807, 2.05) is 35.2 Å². The van der Waals surface area contributed by atoms with E-state index in [1.165, 1.54) is 0 Å². The Morgan fingerprint density at radius 3 is 2.36 bits per heavy atom. The number of aromatic nitrogens is 3. The van der Waals surface area contributed by atoms with Crippen molar-refractivity contribution in [3.63, 3.8) is 0 Å². The van der Waals surface area contributed by atoms with Crippen LogP contribution in [0.4, 0.5) is 5.82 Å². The average molecular weight is 525 g/mol. The predicted octanol–water partition coefficient (Wildman–Crippen LogP) is 1.89. The SMILES string of the molecule is CC#CC(=O)N[C@@H]1CCN(c2nc(-c3ccc(Oc4ccccc4)cc3)c(C(N)=O)c3[nH]c(=O)c(=O)[nH]c23)C1. The number of benzene rings is 2. The van der Waals surface area contributed by atoms with E-state index in [1.54, 1.807) is 31.2 Å². The van der Waals surface area contributed by atoms with Gasteiger partial charge in [-0.25, -0.2) is 4.98 Å². The summed E-state index contributed by atoms with van der Waals surface area (Å²) in [6, 6.07) is 16.0. The molecule has 1 fully saturated rings. The number of nitrogens with two attached hydrogens (primary N) is 1. The van der Waals surface area contributed by atoms with Crippen LogP contribution >= 0.6 is 0 Å². The Balaban J connectivity index is 1.60. The summed E-state index contributed by atoms with van der Waals surface area (Å²) in [5.41, 5.74) is 4.90. The minimum atomic E-state index is -0.926. The van der Waals surface area contributed by atoms with Gasteiger partial charge in [0.05, 0.1) is 16.8 Å². The zero-order chi connectivity index (χ0) is 27.5. The molecule has 2 aromatic carbocycles. The number of ether oxygens (including phenoxy) is 1. The molecule has 0 saturated carbocycles. The van der Waals surface area contributed by atoms with Crippen molar-refractivity contribution < 1.29 is 14.3 Å². The van der Waals surface area contributed by atoms with Gasteiger partial charge in [-0.2, -0.15) is 0 Å². The van der Waals surface area contributed by atoms with Crippen LogP contribution in [0.2, 0.25) is 0 Å². The molecular formula is C28H24N6O5. The van der Waals surface area contributed by atoms with Gasteiger partial charge in [-0.1, -0.05) is 24.1 Å². The van der Waals surface area contributed by atoms with Crippen molar-refractivity contribution in [2.45, 2.75) is 19.4 Å². The second kappa shape index (κ2) is 10.5. The van der Waals surface area contributed by atoms with Crippen LogP contribution in [0, 0.1) is 11.8 Å². The highest BCUT2D eigenvalue weighted by atomic mass is 16.5. The summed E-state index contributed by atoms with van der Waals surface area (Å²) in [7, 11) is 0. The maximum Gasteiger partial charge on any atom is 0.314 e. The Kier molecular flexibility index (Phi) is 6.84. The molecule has 3 heterocycles. The third-order valence-corrected chi connectivity index (χ3v) is 6.28. The first kappa shape index (κ1) is 25.3. The Hall–Kier alpha value is -5.37. The van der Waals surface area contributed by atoms with Gasteiger partial charge in [0.1, 0.15) is 17.0 Å². The van der Waals surface area contributed by atoms with Crippen molar-refractivity contribution in [1.82, 2.24) is 20.3 Å². The summed E-state index contributed by atoms with van der Waals surface area (Å²) in [4.78, 5) is 60.8. The zero-order valence-electron chi connectivity index (χ0n) is 20.9. The fraction of sp³-hybridized carbons (Fsp3) is 0.179. The molecule has 1 saturated heterocycles. The van der Waals surface area contributed by atoms with Gasteiger partial charge >= 0.3 is 11.1 Å². The zero-order valence-corrected chi connectivity index (χ0v) is 20.9. The van der Waals surface area contributed by atoms with E-state index in [4.69, 9.17) is 15.5 Å². The maximum atomic E-state index is 12.7. The summed E-state index contributed by atoms with van der Waals surface area (Å²) < 4.78 is 5.86. The smallest absolute Gasteiger partial charge is 0.314 e. The number of aromatic amines is 2. The lowest BCUT2D eigenvalue weighted by atomic mass is 10.0. The molecule has 11 heteroatoms. The van der Waals surface area contributed by atoms with E-state index in [-0.39, 0.29) is 34.2 Å². The number of fused-ring (bicyclic) bond motifs is 1. The maximum absolute atomic E-state index is 12.7. The van der Waals surface area contributed by atoms with E-state index in [9.17, 15) is 19.2 Å². The molecule has 1 aliphatic heterocycles. The first-order chi connectivity index (χ1) is 18.8. The van der Waals surface area contributed by atoms with Crippen molar-refractivity contribution in [2.24, 2.45) is 5.73 Å². The van der Waals surface area contributed by atoms with Gasteiger partial charge in [0.2, 0.25) is 0 Å². The number of para-hydroxylation sites is 1. The molecule has 0 radical (unpaired) electrons. The van der Waals surface area contributed by atoms with Crippen LogP contribution < -0.4 is 31.8 Å². The monoisotopic (exact) mass is 524 g/mol. The fourth-order valence-electron chi connectivity index (χ4n) is 4.55. The van der Waals surface area contributed by atoms with Gasteiger partial charge in [-0.05, 0) is 55.7 Å². The number of primary amides is 1. The van der Waals surface area contributed by atoms with Crippen LogP contribution in [-0.2, 0) is 4.79 Å². The number of anilines is 1. The molecule has 1 atom stereocenters. The molecule has 0 bridgehead atoms. The van der Waals surface area contributed by atoms with Crippen LogP contribution in [0.15, 0.2) is 64.2 Å². The predicted molar refractivity (Wildman–Crippen MR) is 146 cm³/mol. The largest absolute Gasteiger partial charge is 0.457 e. The van der Waals surface area contributed by atoms with E-state index >= 15 is 0 Å². The number of nitrogens with zero attached hydrogens (tertiary/aromatic N) is 2. The molecule has 39 heavy (non-hydrogen) atoms. The number of pyridine rings is 1. The Labute approximate surface area is 222 Å². The number of hydrogen-bond donors (Lipinski definition) is 4. The molecule has 1 aliphatic rings. The van der Waals surface area contributed by atoms with Crippen molar-refractivity contribution in [2.75, 3.05) is 18.0 Å². The highest BCUT2D eigenvalue weighted by molar-refractivity contribution is 6.11. The lowest BCUT2D eigenvalue weighted by Gasteiger charge is -2.22. The molecule has 0 aliphatic carbocycles. The van der Waals surface area contributed by atoms with Crippen LogP contribution in [-0.4, -0.2) is 45.9 Å². The minimum Gasteiger partial charge on any atom is -0.457 e. The van der Waals surface area contributed by atoms with Crippen LogP contribution in [0.3, 0.4) is 0 Å². The molecule has 196 valence electrons. The molecule has 11 nitrogen and oxygen atoms in total. The number of H-pyrrole nitrogens is 2. The third kappa shape index (κ3) is 5.21. The number of rotatable bonds is 6. The van der Waals surface area contributed by atoms with Gasteiger partial charge in [-0.3, -0.25) is 19.2 Å². The van der Waals surface area contributed by atoms with E-state index in [0.29, 0.717) is 42.4 Å². The van der Waals surface area contributed by atoms with Crippen LogP contribution in [0.5, 0.6) is 11.5 Å². The van der Waals surface area contributed by atoms with Crippen molar-refractivity contribution in [3.05, 3.63) is 80.9 Å². The van der Waals surface area contributed by atoms with Gasteiger partial charge in [-0.15, -0.1) is 0 Å².